The number of aliphatic carboxylic acids is 1. The molecule has 0 aromatic heterocycles. The lowest BCUT2D eigenvalue weighted by Gasteiger charge is -2.17. The van der Waals surface area contributed by atoms with Gasteiger partial charge in [0, 0.05) is 17.6 Å². The average Bonchev–Trinajstić information content (AvgIpc) is 3.28. The number of nitrogens with zero attached hydrogens (tertiary/aromatic N) is 1. The highest BCUT2D eigenvalue weighted by molar-refractivity contribution is 6.02. The maximum atomic E-state index is 12.5. The molecule has 1 aliphatic heterocycles. The van der Waals surface area contributed by atoms with Crippen molar-refractivity contribution in [2.45, 2.75) is 24.7 Å². The van der Waals surface area contributed by atoms with Crippen LogP contribution in [0.3, 0.4) is 0 Å². The molecule has 1 aromatic rings. The van der Waals surface area contributed by atoms with Crippen molar-refractivity contribution in [3.63, 3.8) is 0 Å². The molecule has 1 amide bonds. The number of para-hydroxylation sites is 1. The summed E-state index contributed by atoms with van der Waals surface area (Å²) in [5.41, 5.74) is 2.46. The van der Waals surface area contributed by atoms with E-state index in [1.807, 2.05) is 23.1 Å². The Morgan fingerprint density at radius 2 is 1.95 bits per heavy atom. The van der Waals surface area contributed by atoms with Crippen molar-refractivity contribution in [1.29, 1.82) is 0 Å². The highest BCUT2D eigenvalue weighted by Crippen LogP contribution is 2.57. The molecule has 2 saturated carbocycles. The molecule has 2 aliphatic carbocycles. The van der Waals surface area contributed by atoms with E-state index in [4.69, 9.17) is 5.11 Å². The molecule has 1 spiro atoms. The van der Waals surface area contributed by atoms with Gasteiger partial charge in [0.05, 0.1) is 11.8 Å². The second kappa shape index (κ2) is 3.38. The van der Waals surface area contributed by atoms with Crippen molar-refractivity contribution in [2.24, 2.45) is 11.8 Å². The maximum Gasteiger partial charge on any atom is 0.307 e. The minimum absolute atomic E-state index is 0.00336. The molecule has 3 aliphatic rings. The normalized spacial score (nSPS) is 29.2. The van der Waals surface area contributed by atoms with Gasteiger partial charge in [-0.3, -0.25) is 9.59 Å². The van der Waals surface area contributed by atoms with Crippen LogP contribution < -0.4 is 4.90 Å². The van der Waals surface area contributed by atoms with Crippen LogP contribution >= 0.6 is 0 Å². The van der Waals surface area contributed by atoms with E-state index < -0.39 is 11.9 Å². The summed E-state index contributed by atoms with van der Waals surface area (Å²) in [4.78, 5) is 25.2. The van der Waals surface area contributed by atoms with Crippen molar-refractivity contribution in [3.8, 4) is 0 Å². The highest BCUT2D eigenvalue weighted by atomic mass is 16.4. The third-order valence-corrected chi connectivity index (χ3v) is 4.77. The number of hydrogen-bond donors (Lipinski definition) is 1. The number of carbonyl (C=O) groups excluding carboxylic acids is 1. The molecule has 2 atom stereocenters. The van der Waals surface area contributed by atoms with Crippen LogP contribution in [0, 0.1) is 11.8 Å². The zero-order valence-electron chi connectivity index (χ0n) is 10.5. The van der Waals surface area contributed by atoms with E-state index >= 15 is 0 Å². The van der Waals surface area contributed by atoms with Gasteiger partial charge in [0.25, 0.3) is 0 Å². The minimum Gasteiger partial charge on any atom is -0.481 e. The zero-order chi connectivity index (χ0) is 13.2. The number of carboxylic acid groups (broad SMARTS) is 1. The maximum absolute atomic E-state index is 12.5. The fourth-order valence-corrected chi connectivity index (χ4v) is 3.35. The second-order valence-corrected chi connectivity index (χ2v) is 6.01. The van der Waals surface area contributed by atoms with Crippen molar-refractivity contribution >= 4 is 17.6 Å². The van der Waals surface area contributed by atoms with E-state index in [1.165, 1.54) is 5.56 Å². The largest absolute Gasteiger partial charge is 0.481 e. The quantitative estimate of drug-likeness (QED) is 0.878. The van der Waals surface area contributed by atoms with Crippen molar-refractivity contribution in [1.82, 2.24) is 0 Å². The predicted molar refractivity (Wildman–Crippen MR) is 68.9 cm³/mol. The third kappa shape index (κ3) is 1.46. The van der Waals surface area contributed by atoms with Crippen LogP contribution in [0.2, 0.25) is 0 Å². The molecule has 0 saturated heterocycles. The van der Waals surface area contributed by atoms with Gasteiger partial charge in [-0.25, -0.2) is 0 Å². The number of carboxylic acids is 1. The summed E-state index contributed by atoms with van der Waals surface area (Å²) in [7, 11) is 0. The Morgan fingerprint density at radius 1 is 1.21 bits per heavy atom. The molecular formula is C15H15NO3. The van der Waals surface area contributed by atoms with Gasteiger partial charge in [-0.2, -0.15) is 0 Å². The lowest BCUT2D eigenvalue weighted by molar-refractivity contribution is -0.140. The number of fused-ring (bicyclic) bond motifs is 2. The number of anilines is 1. The number of hydrogen-bond acceptors (Lipinski definition) is 2. The summed E-state index contributed by atoms with van der Waals surface area (Å²) in [6.45, 7) is 0.744. The molecule has 0 unspecified atom stereocenters. The van der Waals surface area contributed by atoms with Crippen molar-refractivity contribution < 1.29 is 14.7 Å². The highest BCUT2D eigenvalue weighted by Gasteiger charge is 2.56. The lowest BCUT2D eigenvalue weighted by Crippen LogP contribution is -2.33. The van der Waals surface area contributed by atoms with E-state index in [1.54, 1.807) is 0 Å². The fraction of sp³-hybridized carbons (Fsp3) is 0.467. The van der Waals surface area contributed by atoms with E-state index in [2.05, 4.69) is 6.07 Å². The molecular weight excluding hydrogens is 242 g/mol. The van der Waals surface area contributed by atoms with E-state index in [0.717, 1.165) is 25.1 Å². The van der Waals surface area contributed by atoms with Crippen LogP contribution in [0.4, 0.5) is 5.69 Å². The number of amides is 1. The summed E-state index contributed by atoms with van der Waals surface area (Å²) in [5.74, 6) is -1.61. The van der Waals surface area contributed by atoms with Crippen LogP contribution in [0.15, 0.2) is 24.3 Å². The third-order valence-electron chi connectivity index (χ3n) is 4.77. The van der Waals surface area contributed by atoms with Gasteiger partial charge in [-0.15, -0.1) is 0 Å². The number of benzene rings is 1. The molecule has 0 bridgehead atoms. The van der Waals surface area contributed by atoms with Crippen molar-refractivity contribution in [3.05, 3.63) is 29.8 Å². The minimum atomic E-state index is -0.841. The molecule has 1 heterocycles. The van der Waals surface area contributed by atoms with Crippen LogP contribution in [0.5, 0.6) is 0 Å². The Hall–Kier alpha value is -1.84. The Balaban J connectivity index is 1.64. The standard InChI is InChI=1S/C15H15NO3/c17-13(9-7-10(9)14(18)19)16-8-15(5-6-15)11-3-1-2-4-12(11)16/h1-4,9-10H,5-8H2,(H,18,19)/t9-,10+/m1/s1. The molecule has 1 N–H and O–H groups in total. The first kappa shape index (κ1) is 11.0. The number of rotatable bonds is 2. The van der Waals surface area contributed by atoms with E-state index in [-0.39, 0.29) is 17.2 Å². The summed E-state index contributed by atoms with van der Waals surface area (Å²) >= 11 is 0. The molecule has 4 nitrogen and oxygen atoms in total. The fourth-order valence-electron chi connectivity index (χ4n) is 3.35. The molecule has 0 radical (unpaired) electrons. The molecule has 2 fully saturated rings. The van der Waals surface area contributed by atoms with Crippen molar-refractivity contribution in [2.75, 3.05) is 11.4 Å². The van der Waals surface area contributed by atoms with Gasteiger partial charge in [-0.1, -0.05) is 18.2 Å². The molecule has 19 heavy (non-hydrogen) atoms. The molecule has 4 rings (SSSR count). The van der Waals surface area contributed by atoms with Gasteiger partial charge >= 0.3 is 5.97 Å². The molecule has 4 heteroatoms. The van der Waals surface area contributed by atoms with Crippen LogP contribution in [0.25, 0.3) is 0 Å². The Labute approximate surface area is 111 Å². The zero-order valence-corrected chi connectivity index (χ0v) is 10.5. The Bertz CT molecular complexity index is 591. The SMILES string of the molecule is O=C(O)[C@H]1C[C@H]1C(=O)N1CC2(CC2)c2ccccc21. The van der Waals surface area contributed by atoms with E-state index in [9.17, 15) is 9.59 Å². The van der Waals surface area contributed by atoms with Crippen LogP contribution in [0.1, 0.15) is 24.8 Å². The smallest absolute Gasteiger partial charge is 0.307 e. The first-order chi connectivity index (χ1) is 9.12. The van der Waals surface area contributed by atoms with Gasteiger partial charge in [0.2, 0.25) is 5.91 Å². The molecule has 98 valence electrons. The summed E-state index contributed by atoms with van der Waals surface area (Å²) in [5, 5.41) is 8.95. The molecule has 1 aromatic carbocycles. The Morgan fingerprint density at radius 3 is 2.58 bits per heavy atom. The second-order valence-electron chi connectivity index (χ2n) is 6.01. The number of carbonyl (C=O) groups is 2. The lowest BCUT2D eigenvalue weighted by atomic mass is 9.99. The summed E-state index contributed by atoms with van der Waals surface area (Å²) in [6.07, 6.45) is 2.78. The van der Waals surface area contributed by atoms with Gasteiger partial charge in [-0.05, 0) is 30.9 Å². The predicted octanol–water partition coefficient (Wildman–Crippen LogP) is 1.79. The van der Waals surface area contributed by atoms with Gasteiger partial charge in [0.15, 0.2) is 0 Å². The monoisotopic (exact) mass is 257 g/mol. The topological polar surface area (TPSA) is 57.6 Å². The van der Waals surface area contributed by atoms with Gasteiger partial charge < -0.3 is 10.0 Å². The first-order valence-electron chi connectivity index (χ1n) is 6.76. The van der Waals surface area contributed by atoms with Crippen LogP contribution in [-0.2, 0) is 15.0 Å². The van der Waals surface area contributed by atoms with E-state index in [0.29, 0.717) is 6.42 Å². The first-order valence-corrected chi connectivity index (χ1v) is 6.76. The summed E-state index contributed by atoms with van der Waals surface area (Å²) in [6, 6.07) is 8.06. The van der Waals surface area contributed by atoms with Crippen LogP contribution in [-0.4, -0.2) is 23.5 Å². The summed E-state index contributed by atoms with van der Waals surface area (Å²) < 4.78 is 0. The van der Waals surface area contributed by atoms with Gasteiger partial charge in [0.1, 0.15) is 0 Å². The average molecular weight is 257 g/mol. The Kier molecular flexibility index (Phi) is 1.96.